The fraction of sp³-hybridized carbons (Fsp3) is 0.158. The number of benzene rings is 2. The number of hydrogen-bond acceptors (Lipinski definition) is 2. The molecule has 0 aliphatic carbocycles. The van der Waals surface area contributed by atoms with Gasteiger partial charge in [-0.25, -0.2) is 4.39 Å². The van der Waals surface area contributed by atoms with E-state index in [4.69, 9.17) is 0 Å². The highest BCUT2D eigenvalue weighted by Crippen LogP contribution is 2.19. The maximum absolute atomic E-state index is 13.0. The Hall–Kier alpha value is -2.75. The molecule has 0 radical (unpaired) electrons. The van der Waals surface area contributed by atoms with E-state index in [-0.39, 0.29) is 17.2 Å². The van der Waals surface area contributed by atoms with Gasteiger partial charge in [0.1, 0.15) is 5.82 Å². The third-order valence-electron chi connectivity index (χ3n) is 3.62. The zero-order valence-electron chi connectivity index (χ0n) is 13.3. The normalized spacial score (nSPS) is 11.2. The van der Waals surface area contributed by atoms with Crippen molar-refractivity contribution in [2.24, 2.45) is 0 Å². The van der Waals surface area contributed by atoms with E-state index in [1.54, 1.807) is 13.1 Å². The molecule has 0 aromatic heterocycles. The van der Waals surface area contributed by atoms with Crippen molar-refractivity contribution in [1.29, 1.82) is 0 Å². The zero-order chi connectivity index (χ0) is 17.0. The van der Waals surface area contributed by atoms with Gasteiger partial charge in [-0.2, -0.15) is 0 Å². The number of Topliss-reactive ketones (excluding diaryl/α,β-unsaturated/α-hetero) is 1. The molecule has 2 aromatic carbocycles. The molecule has 2 aromatic rings. The van der Waals surface area contributed by atoms with Crippen LogP contribution in [0.2, 0.25) is 0 Å². The average molecular weight is 311 g/mol. The smallest absolute Gasteiger partial charge is 0.261 e. The van der Waals surface area contributed by atoms with Crippen LogP contribution in [0, 0.1) is 12.7 Å². The zero-order valence-corrected chi connectivity index (χ0v) is 13.3. The summed E-state index contributed by atoms with van der Waals surface area (Å²) in [6.07, 6.45) is 1.60. The molecule has 2 rings (SSSR count). The number of aryl methyl sites for hydroxylation is 1. The van der Waals surface area contributed by atoms with Gasteiger partial charge in [0.2, 0.25) is 0 Å². The van der Waals surface area contributed by atoms with Crippen LogP contribution in [0.15, 0.2) is 54.1 Å². The first-order valence-corrected chi connectivity index (χ1v) is 7.22. The number of anilines is 1. The minimum atomic E-state index is -0.424. The Kier molecular flexibility index (Phi) is 5.06. The van der Waals surface area contributed by atoms with Crippen LogP contribution in [0.25, 0.3) is 6.08 Å². The minimum absolute atomic E-state index is 0.0890. The Labute approximate surface area is 135 Å². The largest absolute Gasteiger partial charge is 0.311 e. The molecule has 0 atom stereocenters. The van der Waals surface area contributed by atoms with E-state index in [1.807, 2.05) is 31.2 Å². The number of halogens is 1. The summed E-state index contributed by atoms with van der Waals surface area (Å²) < 4.78 is 13.0. The number of likely N-dealkylation sites (N-methyl/N-ethyl adjacent to an activating group) is 1. The van der Waals surface area contributed by atoms with Gasteiger partial charge >= 0.3 is 0 Å². The first-order valence-electron chi connectivity index (χ1n) is 7.22. The van der Waals surface area contributed by atoms with Gasteiger partial charge < -0.3 is 4.90 Å². The summed E-state index contributed by atoms with van der Waals surface area (Å²) in [6.45, 7) is 3.28. The summed E-state index contributed by atoms with van der Waals surface area (Å²) in [5.41, 5.74) is 2.40. The van der Waals surface area contributed by atoms with Crippen LogP contribution in [-0.2, 0) is 9.59 Å². The fourth-order valence-electron chi connectivity index (χ4n) is 2.18. The summed E-state index contributed by atoms with van der Waals surface area (Å²) in [5, 5.41) is 0. The second-order valence-corrected chi connectivity index (χ2v) is 5.31. The van der Waals surface area contributed by atoms with E-state index in [9.17, 15) is 14.0 Å². The molecule has 0 heterocycles. The third-order valence-corrected chi connectivity index (χ3v) is 3.62. The van der Waals surface area contributed by atoms with Crippen molar-refractivity contribution in [2.45, 2.75) is 13.8 Å². The van der Waals surface area contributed by atoms with E-state index >= 15 is 0 Å². The summed E-state index contributed by atoms with van der Waals surface area (Å²) >= 11 is 0. The standard InChI is InChI=1S/C19H18FNO2/c1-13-6-4-5-7-15(13)12-18(14(2)22)19(23)21(3)17-10-8-16(20)9-11-17/h4-12H,1-3H3/b18-12+. The van der Waals surface area contributed by atoms with Gasteiger partial charge in [-0.1, -0.05) is 24.3 Å². The number of hydrogen-bond donors (Lipinski definition) is 0. The van der Waals surface area contributed by atoms with Gasteiger partial charge in [0.05, 0.1) is 5.57 Å². The molecular weight excluding hydrogens is 293 g/mol. The van der Waals surface area contributed by atoms with Crippen molar-refractivity contribution in [3.05, 3.63) is 71.0 Å². The second-order valence-electron chi connectivity index (χ2n) is 5.31. The van der Waals surface area contributed by atoms with Gasteiger partial charge in [0, 0.05) is 12.7 Å². The molecule has 0 aliphatic rings. The lowest BCUT2D eigenvalue weighted by molar-refractivity contribution is -0.119. The Morgan fingerprint density at radius 1 is 1.04 bits per heavy atom. The average Bonchev–Trinajstić information content (AvgIpc) is 2.53. The molecule has 0 aliphatic heterocycles. The summed E-state index contributed by atoms with van der Waals surface area (Å²) in [7, 11) is 1.56. The molecule has 4 heteroatoms. The van der Waals surface area contributed by atoms with Gasteiger partial charge in [0.15, 0.2) is 5.78 Å². The van der Waals surface area contributed by atoms with Crippen LogP contribution in [0.5, 0.6) is 0 Å². The molecule has 1 amide bonds. The molecule has 23 heavy (non-hydrogen) atoms. The van der Waals surface area contributed by atoms with Crippen molar-refractivity contribution >= 4 is 23.5 Å². The van der Waals surface area contributed by atoms with Gasteiger partial charge in [0.25, 0.3) is 5.91 Å². The quantitative estimate of drug-likeness (QED) is 0.490. The summed E-state index contributed by atoms with van der Waals surface area (Å²) in [5.74, 6) is -1.11. The SMILES string of the molecule is CC(=O)/C(=C\c1ccccc1C)C(=O)N(C)c1ccc(F)cc1. The molecule has 0 unspecified atom stereocenters. The topological polar surface area (TPSA) is 37.4 Å². The molecular formula is C19H18FNO2. The molecule has 0 N–H and O–H groups in total. The van der Waals surface area contributed by atoms with Gasteiger partial charge in [-0.3, -0.25) is 9.59 Å². The van der Waals surface area contributed by atoms with E-state index < -0.39 is 5.91 Å². The Morgan fingerprint density at radius 2 is 1.65 bits per heavy atom. The van der Waals surface area contributed by atoms with Crippen LogP contribution in [0.1, 0.15) is 18.1 Å². The maximum atomic E-state index is 13.0. The van der Waals surface area contributed by atoms with Crippen molar-refractivity contribution < 1.29 is 14.0 Å². The van der Waals surface area contributed by atoms with Crippen molar-refractivity contribution in [3.63, 3.8) is 0 Å². The first-order chi connectivity index (χ1) is 10.9. The number of nitrogens with zero attached hydrogens (tertiary/aromatic N) is 1. The molecule has 3 nitrogen and oxygen atoms in total. The number of carbonyl (C=O) groups excluding carboxylic acids is 2. The van der Waals surface area contributed by atoms with E-state index in [1.165, 1.54) is 36.1 Å². The third kappa shape index (κ3) is 3.92. The lowest BCUT2D eigenvalue weighted by atomic mass is 10.0. The van der Waals surface area contributed by atoms with Gasteiger partial charge in [-0.05, 0) is 55.3 Å². The monoisotopic (exact) mass is 311 g/mol. The molecule has 0 saturated carbocycles. The Bertz CT molecular complexity index is 763. The minimum Gasteiger partial charge on any atom is -0.311 e. The highest BCUT2D eigenvalue weighted by molar-refractivity contribution is 6.26. The number of amides is 1. The predicted octanol–water partition coefficient (Wildman–Crippen LogP) is 3.77. The predicted molar refractivity (Wildman–Crippen MR) is 89.6 cm³/mol. The molecule has 0 fully saturated rings. The lowest BCUT2D eigenvalue weighted by Gasteiger charge is -2.18. The van der Waals surface area contributed by atoms with Crippen molar-refractivity contribution in [2.75, 3.05) is 11.9 Å². The first kappa shape index (κ1) is 16.6. The van der Waals surface area contributed by atoms with E-state index in [2.05, 4.69) is 0 Å². The van der Waals surface area contributed by atoms with E-state index in [0.29, 0.717) is 5.69 Å². The number of carbonyl (C=O) groups is 2. The second kappa shape index (κ2) is 7.01. The highest BCUT2D eigenvalue weighted by atomic mass is 19.1. The summed E-state index contributed by atoms with van der Waals surface area (Å²) in [4.78, 5) is 25.9. The summed E-state index contributed by atoms with van der Waals surface area (Å²) in [6, 6.07) is 13.1. The van der Waals surface area contributed by atoms with Crippen LogP contribution >= 0.6 is 0 Å². The van der Waals surface area contributed by atoms with Crippen LogP contribution in [-0.4, -0.2) is 18.7 Å². The lowest BCUT2D eigenvalue weighted by Crippen LogP contribution is -2.30. The molecule has 118 valence electrons. The molecule has 0 spiro atoms. The van der Waals surface area contributed by atoms with Gasteiger partial charge in [-0.15, -0.1) is 0 Å². The van der Waals surface area contributed by atoms with Crippen molar-refractivity contribution in [3.8, 4) is 0 Å². The van der Waals surface area contributed by atoms with Crippen LogP contribution in [0.4, 0.5) is 10.1 Å². The Balaban J connectivity index is 2.37. The van der Waals surface area contributed by atoms with E-state index in [0.717, 1.165) is 11.1 Å². The van der Waals surface area contributed by atoms with Crippen LogP contribution in [0.3, 0.4) is 0 Å². The number of ketones is 1. The molecule has 0 bridgehead atoms. The maximum Gasteiger partial charge on any atom is 0.261 e. The highest BCUT2D eigenvalue weighted by Gasteiger charge is 2.20. The molecule has 0 saturated heterocycles. The Morgan fingerprint density at radius 3 is 2.22 bits per heavy atom. The van der Waals surface area contributed by atoms with Crippen molar-refractivity contribution in [1.82, 2.24) is 0 Å². The van der Waals surface area contributed by atoms with Crippen LogP contribution < -0.4 is 4.90 Å². The fourth-order valence-corrected chi connectivity index (χ4v) is 2.18. The number of rotatable bonds is 4.